The predicted molar refractivity (Wildman–Crippen MR) is 72.5 cm³/mol. The van der Waals surface area contributed by atoms with Crippen LogP contribution in [0.5, 0.6) is 11.5 Å². The molecule has 0 heterocycles. The minimum Gasteiger partial charge on any atom is -0.493 e. The van der Waals surface area contributed by atoms with Gasteiger partial charge in [-0.05, 0) is 30.7 Å². The average Bonchev–Trinajstić information content (AvgIpc) is 2.43. The monoisotopic (exact) mass is 307 g/mol. The molecule has 0 saturated heterocycles. The quantitative estimate of drug-likeness (QED) is 0.712. The van der Waals surface area contributed by atoms with Gasteiger partial charge in [-0.15, -0.1) is 13.2 Å². The van der Waals surface area contributed by atoms with Crippen molar-refractivity contribution in [1.82, 2.24) is 5.32 Å². The molecule has 1 rings (SSSR count). The topological polar surface area (TPSA) is 39.7 Å². The molecule has 7 heteroatoms. The molecular formula is C14H20F3NO3. The second-order valence-corrected chi connectivity index (χ2v) is 4.30. The fourth-order valence-corrected chi connectivity index (χ4v) is 1.66. The van der Waals surface area contributed by atoms with Gasteiger partial charge in [-0.25, -0.2) is 0 Å². The van der Waals surface area contributed by atoms with E-state index in [0.29, 0.717) is 18.0 Å². The standard InChI is InChI=1S/C14H20F3NO3/c1-3-6-18-10-11-4-5-12(13(9-11)19-2)20-7-8-21-14(15,16)17/h4-5,9,18H,3,6-8,10H2,1-2H3. The van der Waals surface area contributed by atoms with Crippen LogP contribution in [0.1, 0.15) is 18.9 Å². The molecule has 0 aliphatic heterocycles. The van der Waals surface area contributed by atoms with E-state index in [9.17, 15) is 13.2 Å². The number of methoxy groups -OCH3 is 1. The summed E-state index contributed by atoms with van der Waals surface area (Å²) in [4.78, 5) is 0. The molecule has 120 valence electrons. The molecule has 0 radical (unpaired) electrons. The molecule has 1 aromatic rings. The number of rotatable bonds is 9. The smallest absolute Gasteiger partial charge is 0.493 e. The van der Waals surface area contributed by atoms with E-state index >= 15 is 0 Å². The lowest BCUT2D eigenvalue weighted by Gasteiger charge is -2.13. The van der Waals surface area contributed by atoms with Crippen molar-refractivity contribution in [2.45, 2.75) is 26.3 Å². The Morgan fingerprint density at radius 2 is 1.90 bits per heavy atom. The maximum atomic E-state index is 11.8. The van der Waals surface area contributed by atoms with Crippen molar-refractivity contribution in [3.05, 3.63) is 23.8 Å². The van der Waals surface area contributed by atoms with Crippen LogP contribution >= 0.6 is 0 Å². The van der Waals surface area contributed by atoms with E-state index in [0.717, 1.165) is 18.5 Å². The Hall–Kier alpha value is -1.47. The molecule has 0 aliphatic carbocycles. The van der Waals surface area contributed by atoms with Crippen molar-refractivity contribution < 1.29 is 27.4 Å². The van der Waals surface area contributed by atoms with E-state index in [4.69, 9.17) is 9.47 Å². The first-order valence-electron chi connectivity index (χ1n) is 6.67. The van der Waals surface area contributed by atoms with Crippen LogP contribution in [0.15, 0.2) is 18.2 Å². The molecule has 0 bridgehead atoms. The van der Waals surface area contributed by atoms with Crippen LogP contribution in [-0.4, -0.2) is 33.2 Å². The zero-order valence-corrected chi connectivity index (χ0v) is 12.1. The molecule has 4 nitrogen and oxygen atoms in total. The zero-order valence-electron chi connectivity index (χ0n) is 12.1. The third-order valence-corrected chi connectivity index (χ3v) is 2.59. The number of benzene rings is 1. The highest BCUT2D eigenvalue weighted by Gasteiger charge is 2.28. The molecule has 0 saturated carbocycles. The molecule has 0 unspecified atom stereocenters. The van der Waals surface area contributed by atoms with Gasteiger partial charge >= 0.3 is 6.36 Å². The van der Waals surface area contributed by atoms with Crippen LogP contribution in [0.4, 0.5) is 13.2 Å². The van der Waals surface area contributed by atoms with Gasteiger partial charge in [-0.2, -0.15) is 0 Å². The Kier molecular flexibility index (Phi) is 7.31. The van der Waals surface area contributed by atoms with Crippen molar-refractivity contribution in [3.8, 4) is 11.5 Å². The van der Waals surface area contributed by atoms with Crippen LogP contribution in [0, 0.1) is 0 Å². The molecule has 0 aromatic heterocycles. The average molecular weight is 307 g/mol. The Bertz CT molecular complexity index is 424. The van der Waals surface area contributed by atoms with E-state index in [-0.39, 0.29) is 6.61 Å². The zero-order chi connectivity index (χ0) is 15.7. The first kappa shape index (κ1) is 17.6. The van der Waals surface area contributed by atoms with Gasteiger partial charge in [0, 0.05) is 6.54 Å². The maximum Gasteiger partial charge on any atom is 0.522 e. The predicted octanol–water partition coefficient (Wildman–Crippen LogP) is 3.11. The van der Waals surface area contributed by atoms with Gasteiger partial charge in [-0.1, -0.05) is 13.0 Å². The first-order valence-corrected chi connectivity index (χ1v) is 6.67. The summed E-state index contributed by atoms with van der Waals surface area (Å²) < 4.78 is 49.5. The summed E-state index contributed by atoms with van der Waals surface area (Å²) in [6.45, 7) is 2.92. The number of hydrogen-bond acceptors (Lipinski definition) is 4. The minimum atomic E-state index is -4.64. The summed E-state index contributed by atoms with van der Waals surface area (Å²) in [6, 6.07) is 5.31. The molecule has 0 fully saturated rings. The molecular weight excluding hydrogens is 287 g/mol. The third kappa shape index (κ3) is 7.19. The van der Waals surface area contributed by atoms with Crippen molar-refractivity contribution in [2.24, 2.45) is 0 Å². The number of alkyl halides is 3. The van der Waals surface area contributed by atoms with Gasteiger partial charge in [0.05, 0.1) is 13.7 Å². The molecule has 1 N–H and O–H groups in total. The van der Waals surface area contributed by atoms with E-state index in [1.54, 1.807) is 12.1 Å². The molecule has 0 spiro atoms. The third-order valence-electron chi connectivity index (χ3n) is 2.59. The number of hydrogen-bond donors (Lipinski definition) is 1. The lowest BCUT2D eigenvalue weighted by atomic mass is 10.2. The Morgan fingerprint density at radius 1 is 1.14 bits per heavy atom. The van der Waals surface area contributed by atoms with Crippen LogP contribution in [-0.2, 0) is 11.3 Å². The van der Waals surface area contributed by atoms with Crippen molar-refractivity contribution in [3.63, 3.8) is 0 Å². The van der Waals surface area contributed by atoms with Gasteiger partial charge < -0.3 is 14.8 Å². The summed E-state index contributed by atoms with van der Waals surface area (Å²) in [7, 11) is 1.48. The molecule has 0 aliphatic rings. The molecule has 1 aromatic carbocycles. The van der Waals surface area contributed by atoms with Crippen LogP contribution in [0.3, 0.4) is 0 Å². The summed E-state index contributed by atoms with van der Waals surface area (Å²) in [6.07, 6.45) is -3.60. The van der Waals surface area contributed by atoms with Gasteiger partial charge in [-0.3, -0.25) is 4.74 Å². The van der Waals surface area contributed by atoms with Gasteiger partial charge in [0.2, 0.25) is 0 Å². The first-order chi connectivity index (χ1) is 9.96. The van der Waals surface area contributed by atoms with Gasteiger partial charge in [0.25, 0.3) is 0 Å². The molecule has 21 heavy (non-hydrogen) atoms. The highest BCUT2D eigenvalue weighted by Crippen LogP contribution is 2.28. The van der Waals surface area contributed by atoms with E-state index < -0.39 is 13.0 Å². The van der Waals surface area contributed by atoms with Crippen molar-refractivity contribution in [2.75, 3.05) is 26.9 Å². The highest BCUT2D eigenvalue weighted by atomic mass is 19.4. The Balaban J connectivity index is 2.50. The minimum absolute atomic E-state index is 0.205. The lowest BCUT2D eigenvalue weighted by Crippen LogP contribution is -2.18. The van der Waals surface area contributed by atoms with Gasteiger partial charge in [0.15, 0.2) is 11.5 Å². The Labute approximate surface area is 122 Å². The van der Waals surface area contributed by atoms with Crippen molar-refractivity contribution >= 4 is 0 Å². The summed E-state index contributed by atoms with van der Waals surface area (Å²) >= 11 is 0. The van der Waals surface area contributed by atoms with Gasteiger partial charge in [0.1, 0.15) is 6.61 Å². The molecule has 0 atom stereocenters. The van der Waals surface area contributed by atoms with Crippen LogP contribution < -0.4 is 14.8 Å². The van der Waals surface area contributed by atoms with E-state index in [2.05, 4.69) is 17.0 Å². The van der Waals surface area contributed by atoms with Crippen LogP contribution in [0.2, 0.25) is 0 Å². The number of nitrogens with one attached hydrogen (secondary N) is 1. The fourth-order valence-electron chi connectivity index (χ4n) is 1.66. The summed E-state index contributed by atoms with van der Waals surface area (Å²) in [5, 5.41) is 3.25. The van der Waals surface area contributed by atoms with E-state index in [1.165, 1.54) is 7.11 Å². The van der Waals surface area contributed by atoms with Crippen LogP contribution in [0.25, 0.3) is 0 Å². The largest absolute Gasteiger partial charge is 0.522 e. The van der Waals surface area contributed by atoms with E-state index in [1.807, 2.05) is 6.07 Å². The Morgan fingerprint density at radius 3 is 2.52 bits per heavy atom. The highest BCUT2D eigenvalue weighted by molar-refractivity contribution is 5.42. The molecule has 0 amide bonds. The number of ether oxygens (including phenoxy) is 3. The second-order valence-electron chi connectivity index (χ2n) is 4.30. The fraction of sp³-hybridized carbons (Fsp3) is 0.571. The SMILES string of the molecule is CCCNCc1ccc(OCCOC(F)(F)F)c(OC)c1. The maximum absolute atomic E-state index is 11.8. The normalized spacial score (nSPS) is 11.5. The summed E-state index contributed by atoms with van der Waals surface area (Å²) in [5.74, 6) is 0.875. The van der Waals surface area contributed by atoms with Crippen molar-refractivity contribution in [1.29, 1.82) is 0 Å². The summed E-state index contributed by atoms with van der Waals surface area (Å²) in [5.41, 5.74) is 1.01. The second kappa shape index (κ2) is 8.74. The number of halogens is 3. The lowest BCUT2D eigenvalue weighted by molar-refractivity contribution is -0.325.